The molecule has 0 unspecified atom stereocenters. The van der Waals surface area contributed by atoms with Crippen molar-refractivity contribution in [1.82, 2.24) is 0 Å². The molecule has 0 N–H and O–H groups in total. The molecule has 146 valence electrons. The van der Waals surface area contributed by atoms with Gasteiger partial charge in [0.2, 0.25) is 6.54 Å². The largest absolute Gasteiger partial charge is 0.293 e. The van der Waals surface area contributed by atoms with E-state index >= 15 is 0 Å². The molecule has 5 nitrogen and oxygen atoms in total. The number of rotatable bonds is 8. The van der Waals surface area contributed by atoms with Crippen LogP contribution in [0.3, 0.4) is 0 Å². The first kappa shape index (κ1) is 20.6. The number of carbonyl (C=O) groups excluding carboxylic acids is 2. The molecule has 0 aliphatic heterocycles. The van der Waals surface area contributed by atoms with Crippen molar-refractivity contribution < 1.29 is 14.5 Å². The third-order valence-corrected chi connectivity index (χ3v) is 5.20. The molecule has 1 atom stereocenters. The molecule has 0 fully saturated rings. The number of hydrogen-bond donors (Lipinski definition) is 0. The minimum Gasteiger partial charge on any atom is -0.293 e. The van der Waals surface area contributed by atoms with Crippen LogP contribution in [0.5, 0.6) is 0 Å². The summed E-state index contributed by atoms with van der Waals surface area (Å²) in [6.45, 7) is -0.529. The molecule has 3 rings (SSSR count). The van der Waals surface area contributed by atoms with Gasteiger partial charge in [-0.25, -0.2) is 0 Å². The van der Waals surface area contributed by atoms with Crippen molar-refractivity contribution >= 4 is 27.5 Å². The summed E-state index contributed by atoms with van der Waals surface area (Å²) in [4.78, 5) is 37.8. The third kappa shape index (κ3) is 5.03. The minimum absolute atomic E-state index is 0.352. The summed E-state index contributed by atoms with van der Waals surface area (Å²) < 4.78 is 0.724. The Labute approximate surface area is 176 Å². The van der Waals surface area contributed by atoms with E-state index in [9.17, 15) is 19.7 Å². The fourth-order valence-electron chi connectivity index (χ4n) is 3.35. The molecule has 0 radical (unpaired) electrons. The van der Waals surface area contributed by atoms with Crippen LogP contribution in [0.2, 0.25) is 0 Å². The lowest BCUT2D eigenvalue weighted by atomic mass is 9.77. The lowest BCUT2D eigenvalue weighted by molar-refractivity contribution is -0.484. The first-order chi connectivity index (χ1) is 14.0. The van der Waals surface area contributed by atoms with Gasteiger partial charge in [-0.1, -0.05) is 88.7 Å². The van der Waals surface area contributed by atoms with Crippen molar-refractivity contribution in [3.63, 3.8) is 0 Å². The number of benzene rings is 3. The van der Waals surface area contributed by atoms with Crippen LogP contribution in [-0.2, 0) is 0 Å². The highest BCUT2D eigenvalue weighted by Gasteiger charge is 2.39. The average molecular weight is 452 g/mol. The maximum atomic E-state index is 13.4. The first-order valence-corrected chi connectivity index (χ1v) is 9.82. The summed E-state index contributed by atoms with van der Waals surface area (Å²) in [6, 6.07) is 23.8. The van der Waals surface area contributed by atoms with Gasteiger partial charge >= 0.3 is 0 Å². The van der Waals surface area contributed by atoms with Gasteiger partial charge in [0.15, 0.2) is 11.6 Å². The maximum Gasteiger partial charge on any atom is 0.211 e. The number of nitrogens with zero attached hydrogens (tertiary/aromatic N) is 1. The molecule has 0 amide bonds. The maximum absolute atomic E-state index is 13.4. The molecule has 0 bridgehead atoms. The van der Waals surface area contributed by atoms with Gasteiger partial charge in [-0.15, -0.1) is 0 Å². The van der Waals surface area contributed by atoms with Gasteiger partial charge in [0.05, 0.1) is 11.8 Å². The van der Waals surface area contributed by atoms with Gasteiger partial charge in [-0.2, -0.15) is 0 Å². The van der Waals surface area contributed by atoms with E-state index in [1.165, 1.54) is 0 Å². The third-order valence-electron chi connectivity index (χ3n) is 4.71. The Morgan fingerprint density at radius 2 is 1.34 bits per heavy atom. The van der Waals surface area contributed by atoms with Crippen molar-refractivity contribution in [1.29, 1.82) is 0 Å². The number of Topliss-reactive ketones (excluding diaryl/α,β-unsaturated/α-hetero) is 2. The van der Waals surface area contributed by atoms with Crippen LogP contribution in [0.15, 0.2) is 89.4 Å². The molecule has 3 aromatic carbocycles. The number of ketones is 2. The molecule has 6 heteroatoms. The van der Waals surface area contributed by atoms with E-state index in [0.29, 0.717) is 16.7 Å². The average Bonchev–Trinajstić information content (AvgIpc) is 2.74. The van der Waals surface area contributed by atoms with Crippen molar-refractivity contribution in [2.24, 2.45) is 5.92 Å². The molecule has 0 spiro atoms. The SMILES string of the molecule is O=C(c1ccccc1)C(C(=O)c1ccccc1)[C@@H](C[N+](=O)[O-])c1cccc(Br)c1. The van der Waals surface area contributed by atoms with E-state index in [1.807, 2.05) is 0 Å². The van der Waals surface area contributed by atoms with Gasteiger partial charge in [0.25, 0.3) is 0 Å². The highest BCUT2D eigenvalue weighted by molar-refractivity contribution is 9.10. The second kappa shape index (κ2) is 9.39. The molecule has 0 aliphatic carbocycles. The summed E-state index contributed by atoms with van der Waals surface area (Å²) in [5, 5.41) is 11.5. The number of hydrogen-bond acceptors (Lipinski definition) is 4. The van der Waals surface area contributed by atoms with Gasteiger partial charge in [-0.3, -0.25) is 19.7 Å². The van der Waals surface area contributed by atoms with Crippen molar-refractivity contribution in [2.75, 3.05) is 6.54 Å². The summed E-state index contributed by atoms with van der Waals surface area (Å²) >= 11 is 3.37. The molecule has 0 heterocycles. The fraction of sp³-hybridized carbons (Fsp3) is 0.130. The Kier molecular flexibility index (Phi) is 6.67. The van der Waals surface area contributed by atoms with E-state index in [2.05, 4.69) is 15.9 Å². The normalized spacial score (nSPS) is 11.8. The Balaban J connectivity index is 2.14. The van der Waals surface area contributed by atoms with E-state index in [0.717, 1.165) is 4.47 Å². The summed E-state index contributed by atoms with van der Waals surface area (Å²) in [5.41, 5.74) is 1.27. The number of halogens is 1. The zero-order chi connectivity index (χ0) is 20.8. The molecule has 0 aliphatic rings. The van der Waals surface area contributed by atoms with Gasteiger partial charge in [-0.05, 0) is 17.7 Å². The lowest BCUT2D eigenvalue weighted by Crippen LogP contribution is -2.34. The highest BCUT2D eigenvalue weighted by atomic mass is 79.9. The lowest BCUT2D eigenvalue weighted by Gasteiger charge is -2.23. The van der Waals surface area contributed by atoms with Crippen LogP contribution in [0, 0.1) is 16.0 Å². The number of nitro groups is 1. The van der Waals surface area contributed by atoms with Crippen LogP contribution in [0.4, 0.5) is 0 Å². The van der Waals surface area contributed by atoms with E-state index < -0.39 is 34.9 Å². The number of carbonyl (C=O) groups is 2. The second-order valence-electron chi connectivity index (χ2n) is 6.62. The monoisotopic (exact) mass is 451 g/mol. The standard InChI is InChI=1S/C23H18BrNO4/c24-19-13-7-12-18(14-19)20(15-25(28)29)21(22(26)16-8-3-1-4-9-16)23(27)17-10-5-2-6-11-17/h1-14,20-21H,15H2/t20-/m0/s1. The van der Waals surface area contributed by atoms with E-state index in [1.54, 1.807) is 84.9 Å². The predicted octanol–water partition coefficient (Wildman–Crippen LogP) is 5.19. The quantitative estimate of drug-likeness (QED) is 0.204. The van der Waals surface area contributed by atoms with Gasteiger partial charge in [0, 0.05) is 20.5 Å². The zero-order valence-corrected chi connectivity index (χ0v) is 17.0. The molecular formula is C23H18BrNO4. The Hall–Kier alpha value is -3.12. The predicted molar refractivity (Wildman–Crippen MR) is 114 cm³/mol. The van der Waals surface area contributed by atoms with Gasteiger partial charge in [0.1, 0.15) is 0 Å². The van der Waals surface area contributed by atoms with Gasteiger partial charge < -0.3 is 0 Å². The molecule has 0 aromatic heterocycles. The van der Waals surface area contributed by atoms with Crippen LogP contribution in [-0.4, -0.2) is 23.0 Å². The second-order valence-corrected chi connectivity index (χ2v) is 7.53. The van der Waals surface area contributed by atoms with Crippen molar-refractivity contribution in [3.05, 3.63) is 116 Å². The molecule has 3 aromatic rings. The molecule has 29 heavy (non-hydrogen) atoms. The van der Waals surface area contributed by atoms with Crippen LogP contribution < -0.4 is 0 Å². The van der Waals surface area contributed by atoms with Crippen molar-refractivity contribution in [2.45, 2.75) is 5.92 Å². The Morgan fingerprint density at radius 1 is 0.828 bits per heavy atom. The first-order valence-electron chi connectivity index (χ1n) is 9.03. The zero-order valence-electron chi connectivity index (χ0n) is 15.4. The smallest absolute Gasteiger partial charge is 0.211 e. The van der Waals surface area contributed by atoms with Crippen LogP contribution >= 0.6 is 15.9 Å². The highest BCUT2D eigenvalue weighted by Crippen LogP contribution is 2.32. The summed E-state index contributed by atoms with van der Waals surface area (Å²) in [5.74, 6) is -2.96. The van der Waals surface area contributed by atoms with Crippen molar-refractivity contribution in [3.8, 4) is 0 Å². The summed E-state index contributed by atoms with van der Waals surface area (Å²) in [6.07, 6.45) is 0. The Bertz CT molecular complexity index is 970. The van der Waals surface area contributed by atoms with E-state index in [4.69, 9.17) is 0 Å². The van der Waals surface area contributed by atoms with E-state index in [-0.39, 0.29) is 0 Å². The van der Waals surface area contributed by atoms with Crippen LogP contribution in [0.25, 0.3) is 0 Å². The topological polar surface area (TPSA) is 77.3 Å². The molecule has 0 saturated carbocycles. The fourth-order valence-corrected chi connectivity index (χ4v) is 3.77. The minimum atomic E-state index is -1.21. The Morgan fingerprint density at radius 3 is 1.79 bits per heavy atom. The molecule has 0 saturated heterocycles. The summed E-state index contributed by atoms with van der Waals surface area (Å²) in [7, 11) is 0. The molecular weight excluding hydrogens is 434 g/mol. The van der Waals surface area contributed by atoms with Crippen LogP contribution in [0.1, 0.15) is 32.2 Å².